The topological polar surface area (TPSA) is 52.6 Å². The van der Waals surface area contributed by atoms with Gasteiger partial charge in [0.2, 0.25) is 0 Å². The third kappa shape index (κ3) is 3.81. The fraction of sp³-hybridized carbons (Fsp3) is 0.905. The summed E-state index contributed by atoms with van der Waals surface area (Å²) >= 11 is 1.71. The van der Waals surface area contributed by atoms with Gasteiger partial charge in [0.1, 0.15) is 9.02 Å². The highest BCUT2D eigenvalue weighted by Gasteiger charge is 2.62. The normalized spacial score (nSPS) is 36.3. The number of halogens is 3. The van der Waals surface area contributed by atoms with Crippen LogP contribution in [0.4, 0.5) is 8.78 Å². The van der Waals surface area contributed by atoms with Gasteiger partial charge in [-0.1, -0.05) is 36.4 Å². The second-order valence-corrected chi connectivity index (χ2v) is 11.9. The van der Waals surface area contributed by atoms with E-state index in [4.69, 9.17) is 4.74 Å². The van der Waals surface area contributed by atoms with Gasteiger partial charge in [0, 0.05) is 6.42 Å². The van der Waals surface area contributed by atoms with Gasteiger partial charge in [-0.3, -0.25) is 4.79 Å². The van der Waals surface area contributed by atoms with Crippen LogP contribution in [-0.2, 0) is 19.1 Å². The Hall–Kier alpha value is -0.470. The molecule has 0 aromatic rings. The number of hydrogen-bond donors (Lipinski definition) is 0. The third-order valence-corrected chi connectivity index (χ3v) is 7.96. The van der Waals surface area contributed by atoms with E-state index in [0.717, 1.165) is 25.7 Å². The SMILES string of the molecule is CCOC(=O)C(F)(F)CC(C)(I)C(=O)OC1(C(C)C)C2CC3CC(C2)CC1C3. The minimum absolute atomic E-state index is 0.126. The molecule has 0 aliphatic heterocycles. The van der Waals surface area contributed by atoms with Gasteiger partial charge in [-0.2, -0.15) is 8.78 Å². The van der Waals surface area contributed by atoms with Gasteiger partial charge in [0.05, 0.1) is 6.61 Å². The van der Waals surface area contributed by atoms with E-state index in [1.807, 2.05) is 0 Å². The lowest BCUT2D eigenvalue weighted by molar-refractivity contribution is -0.227. The van der Waals surface area contributed by atoms with Crippen molar-refractivity contribution in [2.24, 2.45) is 29.6 Å². The Morgan fingerprint density at radius 1 is 1.07 bits per heavy atom. The Morgan fingerprint density at radius 3 is 2.00 bits per heavy atom. The van der Waals surface area contributed by atoms with Crippen LogP contribution < -0.4 is 0 Å². The van der Waals surface area contributed by atoms with Gasteiger partial charge in [-0.15, -0.1) is 0 Å². The highest BCUT2D eigenvalue weighted by Crippen LogP contribution is 2.62. The van der Waals surface area contributed by atoms with Gasteiger partial charge >= 0.3 is 17.9 Å². The summed E-state index contributed by atoms with van der Waals surface area (Å²) in [5.41, 5.74) is -0.573. The first kappa shape index (κ1) is 22.2. The van der Waals surface area contributed by atoms with Crippen LogP contribution in [0.25, 0.3) is 0 Å². The number of esters is 2. The molecule has 1 unspecified atom stereocenters. The zero-order valence-corrected chi connectivity index (χ0v) is 19.3. The lowest BCUT2D eigenvalue weighted by Crippen LogP contribution is -2.63. The van der Waals surface area contributed by atoms with Crippen molar-refractivity contribution in [1.82, 2.24) is 0 Å². The number of ether oxygens (including phenoxy) is 2. The summed E-state index contributed by atoms with van der Waals surface area (Å²) < 4.78 is 37.7. The summed E-state index contributed by atoms with van der Waals surface area (Å²) in [6, 6.07) is 0. The van der Waals surface area contributed by atoms with E-state index in [9.17, 15) is 18.4 Å². The molecule has 0 N–H and O–H groups in total. The summed E-state index contributed by atoms with van der Waals surface area (Å²) in [5, 5.41) is 0. The summed E-state index contributed by atoms with van der Waals surface area (Å²) in [5.74, 6) is -3.77. The van der Waals surface area contributed by atoms with Crippen molar-refractivity contribution in [3.63, 3.8) is 0 Å². The van der Waals surface area contributed by atoms with E-state index >= 15 is 0 Å². The number of carbonyl (C=O) groups is 2. The Bertz CT molecular complexity index is 604. The molecule has 7 heteroatoms. The average Bonchev–Trinajstić information content (AvgIpc) is 2.56. The van der Waals surface area contributed by atoms with E-state index < -0.39 is 33.3 Å². The molecule has 28 heavy (non-hydrogen) atoms. The molecule has 4 bridgehead atoms. The first-order chi connectivity index (χ1) is 12.9. The molecular formula is C21H31F2IO4. The van der Waals surface area contributed by atoms with Crippen molar-refractivity contribution in [3.05, 3.63) is 0 Å². The quantitative estimate of drug-likeness (QED) is 0.269. The molecule has 0 spiro atoms. The molecule has 4 aliphatic carbocycles. The zero-order chi connectivity index (χ0) is 20.9. The maximum absolute atomic E-state index is 14.3. The van der Waals surface area contributed by atoms with Crippen molar-refractivity contribution in [3.8, 4) is 0 Å². The van der Waals surface area contributed by atoms with Crippen molar-refractivity contribution < 1.29 is 27.8 Å². The molecule has 4 nitrogen and oxygen atoms in total. The van der Waals surface area contributed by atoms with Gasteiger partial charge in [-0.25, -0.2) is 4.79 Å². The second kappa shape index (κ2) is 7.65. The van der Waals surface area contributed by atoms with Crippen LogP contribution in [0.15, 0.2) is 0 Å². The third-order valence-electron chi connectivity index (χ3n) is 7.14. The molecule has 4 saturated carbocycles. The fourth-order valence-electron chi connectivity index (χ4n) is 6.21. The summed E-state index contributed by atoms with van der Waals surface area (Å²) in [4.78, 5) is 24.7. The van der Waals surface area contributed by atoms with E-state index in [1.54, 1.807) is 22.6 Å². The van der Waals surface area contributed by atoms with Crippen LogP contribution in [-0.4, -0.2) is 33.5 Å². The monoisotopic (exact) mass is 512 g/mol. The van der Waals surface area contributed by atoms with Crippen LogP contribution in [0, 0.1) is 29.6 Å². The van der Waals surface area contributed by atoms with Crippen molar-refractivity contribution in [1.29, 1.82) is 0 Å². The molecule has 0 saturated heterocycles. The van der Waals surface area contributed by atoms with Crippen molar-refractivity contribution in [2.75, 3.05) is 6.61 Å². The Kier molecular flexibility index (Phi) is 6.07. The first-order valence-corrected chi connectivity index (χ1v) is 11.5. The molecule has 160 valence electrons. The highest BCUT2D eigenvalue weighted by atomic mass is 127. The molecule has 1 atom stereocenters. The molecule has 0 aromatic heterocycles. The first-order valence-electron chi connectivity index (χ1n) is 10.4. The minimum atomic E-state index is -3.72. The van der Waals surface area contributed by atoms with E-state index in [1.165, 1.54) is 20.3 Å². The van der Waals surface area contributed by atoms with Gasteiger partial charge in [0.25, 0.3) is 0 Å². The lowest BCUT2D eigenvalue weighted by Gasteiger charge is -2.62. The van der Waals surface area contributed by atoms with Gasteiger partial charge in [-0.05, 0) is 75.5 Å². The van der Waals surface area contributed by atoms with Crippen LogP contribution in [0.3, 0.4) is 0 Å². The predicted molar refractivity (Wildman–Crippen MR) is 109 cm³/mol. The van der Waals surface area contributed by atoms with Crippen LogP contribution >= 0.6 is 22.6 Å². The summed E-state index contributed by atoms with van der Waals surface area (Å²) in [7, 11) is 0. The standard InChI is InChI=1S/C21H31F2IO4/c1-5-27-18(26)20(22,23)11-19(4,24)17(25)28-21(12(2)3)15-7-13-6-14(9-15)10-16(21)8-13/h12-16H,5-11H2,1-4H3. The number of alkyl halides is 3. The minimum Gasteiger partial charge on any atom is -0.462 e. The van der Waals surface area contributed by atoms with Gasteiger partial charge < -0.3 is 9.47 Å². The van der Waals surface area contributed by atoms with Crippen molar-refractivity contribution in [2.45, 2.75) is 81.2 Å². The average molecular weight is 512 g/mol. The number of rotatable bonds is 7. The molecule has 0 heterocycles. The van der Waals surface area contributed by atoms with Gasteiger partial charge in [0.15, 0.2) is 0 Å². The molecule has 4 aliphatic rings. The largest absolute Gasteiger partial charge is 0.462 e. The summed E-state index contributed by atoms with van der Waals surface area (Å²) in [6.45, 7) is 6.93. The predicted octanol–water partition coefficient (Wildman–Crippen LogP) is 5.16. The molecule has 0 radical (unpaired) electrons. The molecule has 0 amide bonds. The van der Waals surface area contributed by atoms with E-state index in [-0.39, 0.29) is 12.5 Å². The Balaban J connectivity index is 1.78. The molecular weight excluding hydrogens is 481 g/mol. The Labute approximate surface area is 179 Å². The van der Waals surface area contributed by atoms with Crippen LogP contribution in [0.2, 0.25) is 0 Å². The zero-order valence-electron chi connectivity index (χ0n) is 17.1. The van der Waals surface area contributed by atoms with E-state index in [0.29, 0.717) is 23.7 Å². The van der Waals surface area contributed by atoms with Crippen molar-refractivity contribution >= 4 is 34.5 Å². The smallest absolute Gasteiger partial charge is 0.377 e. The Morgan fingerprint density at radius 2 is 1.57 bits per heavy atom. The number of hydrogen-bond acceptors (Lipinski definition) is 4. The second-order valence-electron chi connectivity index (χ2n) is 9.50. The fourth-order valence-corrected chi connectivity index (χ4v) is 6.80. The number of carbonyl (C=O) groups excluding carboxylic acids is 2. The maximum Gasteiger partial charge on any atom is 0.377 e. The molecule has 0 aromatic carbocycles. The molecule has 4 fully saturated rings. The van der Waals surface area contributed by atoms with Crippen LogP contribution in [0.1, 0.15) is 66.2 Å². The maximum atomic E-state index is 14.3. The van der Waals surface area contributed by atoms with E-state index in [2.05, 4.69) is 18.6 Å². The van der Waals surface area contributed by atoms with Crippen LogP contribution in [0.5, 0.6) is 0 Å². The summed E-state index contributed by atoms with van der Waals surface area (Å²) in [6.07, 6.45) is 4.62. The molecule has 4 rings (SSSR count). The lowest BCUT2D eigenvalue weighted by atomic mass is 9.47. The highest BCUT2D eigenvalue weighted by molar-refractivity contribution is 14.1.